The molecule has 0 spiro atoms. The lowest BCUT2D eigenvalue weighted by atomic mass is 10.1. The summed E-state index contributed by atoms with van der Waals surface area (Å²) >= 11 is 3.47. The molecule has 0 aliphatic heterocycles. The summed E-state index contributed by atoms with van der Waals surface area (Å²) in [5.41, 5.74) is 1.02. The molecule has 3 rings (SSSR count). The van der Waals surface area contributed by atoms with E-state index in [2.05, 4.69) is 55.5 Å². The van der Waals surface area contributed by atoms with Crippen molar-refractivity contribution >= 4 is 38.3 Å². The molecule has 0 fully saturated rings. The van der Waals surface area contributed by atoms with Gasteiger partial charge in [0.05, 0.1) is 0 Å². The summed E-state index contributed by atoms with van der Waals surface area (Å²) in [6, 6.07) is 12.5. The number of aromatic amines is 1. The lowest BCUT2D eigenvalue weighted by molar-refractivity contribution is 1.29. The van der Waals surface area contributed by atoms with Gasteiger partial charge in [-0.1, -0.05) is 28.1 Å². The van der Waals surface area contributed by atoms with E-state index in [0.717, 1.165) is 16.1 Å². The van der Waals surface area contributed by atoms with Crippen molar-refractivity contribution in [2.24, 2.45) is 0 Å². The van der Waals surface area contributed by atoms with Crippen molar-refractivity contribution in [3.63, 3.8) is 0 Å². The Kier molecular flexibility index (Phi) is 2.57. The van der Waals surface area contributed by atoms with Crippen LogP contribution in [0.1, 0.15) is 0 Å². The fourth-order valence-corrected chi connectivity index (χ4v) is 2.14. The van der Waals surface area contributed by atoms with Crippen molar-refractivity contribution in [2.75, 3.05) is 5.32 Å². The number of aromatic nitrogens is 2. The maximum absolute atomic E-state index is 4.13. The van der Waals surface area contributed by atoms with Gasteiger partial charge in [-0.05, 0) is 35.0 Å². The average molecular weight is 288 g/mol. The SMILES string of the molecule is Brc1ccc2cc(Nc3ncc[nH]3)ccc2c1. The number of hydrogen-bond acceptors (Lipinski definition) is 2. The second kappa shape index (κ2) is 4.22. The van der Waals surface area contributed by atoms with Gasteiger partial charge in [0.25, 0.3) is 0 Å². The highest BCUT2D eigenvalue weighted by Gasteiger charge is 1.99. The Morgan fingerprint density at radius 3 is 2.71 bits per heavy atom. The second-order valence-electron chi connectivity index (χ2n) is 3.77. The molecular formula is C13H10BrN3. The molecule has 0 amide bonds. The van der Waals surface area contributed by atoms with Crippen LogP contribution >= 0.6 is 15.9 Å². The molecular weight excluding hydrogens is 278 g/mol. The van der Waals surface area contributed by atoms with Crippen LogP contribution in [-0.4, -0.2) is 9.97 Å². The molecule has 3 aromatic rings. The van der Waals surface area contributed by atoms with E-state index in [1.165, 1.54) is 10.8 Å². The zero-order valence-electron chi connectivity index (χ0n) is 8.94. The van der Waals surface area contributed by atoms with Crippen LogP contribution in [0.5, 0.6) is 0 Å². The second-order valence-corrected chi connectivity index (χ2v) is 4.68. The van der Waals surface area contributed by atoms with Crippen LogP contribution in [0.25, 0.3) is 10.8 Å². The standard InChI is InChI=1S/C13H10BrN3/c14-11-3-1-10-8-12(4-2-9(10)7-11)17-13-15-5-6-16-13/h1-8H,(H2,15,16,17). The highest BCUT2D eigenvalue weighted by molar-refractivity contribution is 9.10. The lowest BCUT2D eigenvalue weighted by Gasteiger charge is -2.05. The first-order chi connectivity index (χ1) is 8.31. The molecule has 0 radical (unpaired) electrons. The lowest BCUT2D eigenvalue weighted by Crippen LogP contribution is -1.91. The number of halogens is 1. The highest BCUT2D eigenvalue weighted by Crippen LogP contribution is 2.23. The summed E-state index contributed by atoms with van der Waals surface area (Å²) in [7, 11) is 0. The number of nitrogens with zero attached hydrogens (tertiary/aromatic N) is 1. The number of benzene rings is 2. The fourth-order valence-electron chi connectivity index (χ4n) is 1.76. The summed E-state index contributed by atoms with van der Waals surface area (Å²) in [5, 5.41) is 5.62. The number of hydrogen-bond donors (Lipinski definition) is 2. The van der Waals surface area contributed by atoms with E-state index in [4.69, 9.17) is 0 Å². The van der Waals surface area contributed by atoms with E-state index in [1.54, 1.807) is 12.4 Å². The van der Waals surface area contributed by atoms with Crippen LogP contribution in [0.3, 0.4) is 0 Å². The molecule has 84 valence electrons. The van der Waals surface area contributed by atoms with Gasteiger partial charge in [0.1, 0.15) is 0 Å². The molecule has 3 nitrogen and oxygen atoms in total. The zero-order chi connectivity index (χ0) is 11.7. The Labute approximate surface area is 107 Å². The van der Waals surface area contributed by atoms with Gasteiger partial charge in [0.15, 0.2) is 0 Å². The van der Waals surface area contributed by atoms with E-state index in [1.807, 2.05) is 12.1 Å². The number of imidazole rings is 1. The summed E-state index contributed by atoms with van der Waals surface area (Å²) < 4.78 is 1.09. The van der Waals surface area contributed by atoms with Crippen molar-refractivity contribution in [1.29, 1.82) is 0 Å². The molecule has 2 aromatic carbocycles. The summed E-state index contributed by atoms with van der Waals surface area (Å²) in [4.78, 5) is 7.14. The number of rotatable bonds is 2. The van der Waals surface area contributed by atoms with Crippen LogP contribution < -0.4 is 5.32 Å². The van der Waals surface area contributed by atoms with Crippen molar-refractivity contribution in [3.05, 3.63) is 53.3 Å². The van der Waals surface area contributed by atoms with Gasteiger partial charge < -0.3 is 10.3 Å². The van der Waals surface area contributed by atoms with E-state index >= 15 is 0 Å². The van der Waals surface area contributed by atoms with Crippen LogP contribution in [0, 0.1) is 0 Å². The van der Waals surface area contributed by atoms with E-state index in [0.29, 0.717) is 0 Å². The van der Waals surface area contributed by atoms with Gasteiger partial charge >= 0.3 is 0 Å². The first kappa shape index (κ1) is 10.4. The average Bonchev–Trinajstić information content (AvgIpc) is 2.82. The normalized spacial score (nSPS) is 10.6. The Bertz CT molecular complexity index is 647. The zero-order valence-corrected chi connectivity index (χ0v) is 10.5. The van der Waals surface area contributed by atoms with Crippen LogP contribution in [-0.2, 0) is 0 Å². The third kappa shape index (κ3) is 2.17. The Morgan fingerprint density at radius 2 is 1.88 bits per heavy atom. The maximum Gasteiger partial charge on any atom is 0.204 e. The molecule has 0 bridgehead atoms. The predicted octanol–water partition coefficient (Wildman–Crippen LogP) is 4.07. The van der Waals surface area contributed by atoms with Gasteiger partial charge in [-0.3, -0.25) is 0 Å². The summed E-state index contributed by atoms with van der Waals surface area (Å²) in [5.74, 6) is 0.751. The minimum absolute atomic E-state index is 0.751. The Balaban J connectivity index is 1.99. The molecule has 1 heterocycles. The first-order valence-electron chi connectivity index (χ1n) is 5.27. The molecule has 1 aromatic heterocycles. The van der Waals surface area contributed by atoms with Gasteiger partial charge in [0.2, 0.25) is 5.95 Å². The monoisotopic (exact) mass is 287 g/mol. The topological polar surface area (TPSA) is 40.7 Å². The molecule has 0 atom stereocenters. The fraction of sp³-hybridized carbons (Fsp3) is 0. The van der Waals surface area contributed by atoms with Gasteiger partial charge in [-0.15, -0.1) is 0 Å². The summed E-state index contributed by atoms with van der Waals surface area (Å²) in [6.07, 6.45) is 3.51. The molecule has 0 saturated heterocycles. The largest absolute Gasteiger partial charge is 0.331 e. The molecule has 2 N–H and O–H groups in total. The van der Waals surface area contributed by atoms with Gasteiger partial charge in [-0.25, -0.2) is 4.98 Å². The van der Waals surface area contributed by atoms with E-state index in [9.17, 15) is 0 Å². The third-order valence-electron chi connectivity index (χ3n) is 2.56. The summed E-state index contributed by atoms with van der Waals surface area (Å²) in [6.45, 7) is 0. The number of nitrogens with one attached hydrogen (secondary N) is 2. The van der Waals surface area contributed by atoms with Crippen LogP contribution in [0.4, 0.5) is 11.6 Å². The number of fused-ring (bicyclic) bond motifs is 1. The molecule has 17 heavy (non-hydrogen) atoms. The molecule has 4 heteroatoms. The van der Waals surface area contributed by atoms with Crippen LogP contribution in [0.2, 0.25) is 0 Å². The van der Waals surface area contributed by atoms with Crippen molar-refractivity contribution < 1.29 is 0 Å². The smallest absolute Gasteiger partial charge is 0.204 e. The first-order valence-corrected chi connectivity index (χ1v) is 6.06. The van der Waals surface area contributed by atoms with Crippen molar-refractivity contribution in [2.45, 2.75) is 0 Å². The molecule has 0 aliphatic rings. The molecule has 0 saturated carbocycles. The number of anilines is 2. The molecule has 0 aliphatic carbocycles. The highest BCUT2D eigenvalue weighted by atomic mass is 79.9. The van der Waals surface area contributed by atoms with Gasteiger partial charge in [-0.2, -0.15) is 0 Å². The Morgan fingerprint density at radius 1 is 1.06 bits per heavy atom. The number of H-pyrrole nitrogens is 1. The third-order valence-corrected chi connectivity index (χ3v) is 3.06. The molecule has 0 unspecified atom stereocenters. The minimum Gasteiger partial charge on any atom is -0.331 e. The van der Waals surface area contributed by atoms with Gasteiger partial charge in [0, 0.05) is 22.6 Å². The maximum atomic E-state index is 4.13. The van der Waals surface area contributed by atoms with E-state index in [-0.39, 0.29) is 0 Å². The van der Waals surface area contributed by atoms with E-state index < -0.39 is 0 Å². The predicted molar refractivity (Wildman–Crippen MR) is 73.5 cm³/mol. The van der Waals surface area contributed by atoms with Crippen molar-refractivity contribution in [1.82, 2.24) is 9.97 Å². The van der Waals surface area contributed by atoms with Crippen LogP contribution in [0.15, 0.2) is 53.3 Å². The Hall–Kier alpha value is -1.81. The van der Waals surface area contributed by atoms with Crippen molar-refractivity contribution in [3.8, 4) is 0 Å². The minimum atomic E-state index is 0.751. The quantitative estimate of drug-likeness (QED) is 0.746.